The second-order valence-corrected chi connectivity index (χ2v) is 2.95. The Kier molecular flexibility index (Phi) is 18.9. The summed E-state index contributed by atoms with van der Waals surface area (Å²) in [6.45, 7) is 0. The van der Waals surface area contributed by atoms with Gasteiger partial charge in [0.1, 0.15) is 10.5 Å². The Hall–Kier alpha value is 1.99. The van der Waals surface area contributed by atoms with Crippen LogP contribution < -0.4 is 56.2 Å². The molecule has 2 nitrogen and oxygen atoms in total. The summed E-state index contributed by atoms with van der Waals surface area (Å²) < 4.78 is 4.26. The van der Waals surface area contributed by atoms with E-state index in [1.54, 1.807) is 0 Å². The van der Waals surface area contributed by atoms with Crippen LogP contribution in [0.3, 0.4) is 0 Å². The molecule has 0 aromatic rings. The predicted octanol–water partition coefficient (Wildman–Crippen LogP) is -6.35. The van der Waals surface area contributed by atoms with E-state index >= 15 is 0 Å². The fourth-order valence-electron chi connectivity index (χ4n) is 0. The molecule has 0 saturated carbocycles. The zero-order valence-corrected chi connectivity index (χ0v) is 10.1. The van der Waals surface area contributed by atoms with Gasteiger partial charge in [-0.1, -0.05) is 0 Å². The van der Waals surface area contributed by atoms with Gasteiger partial charge in [-0.25, -0.2) is 0 Å². The fraction of sp³-hybridized carbons (Fsp3) is 0. The summed E-state index contributed by atoms with van der Waals surface area (Å²) in [7, 11) is -0.625. The van der Waals surface area contributed by atoms with E-state index in [-0.39, 0.29) is 51.4 Å². The molecule has 0 rings (SSSR count). The van der Waals surface area contributed by atoms with Gasteiger partial charge in [0.2, 0.25) is 0 Å². The number of hydrogen-bond donors (Lipinski definition) is 0. The molecule has 0 bridgehead atoms. The normalized spacial score (nSPS) is 9.00. The van der Waals surface area contributed by atoms with E-state index in [9.17, 15) is 4.80 Å². The van der Waals surface area contributed by atoms with Crippen LogP contribution in [0.4, 0.5) is 0 Å². The van der Waals surface area contributed by atoms with E-state index in [2.05, 4.69) is 4.12 Å². The van der Waals surface area contributed by atoms with Gasteiger partial charge in [0.25, 0.3) is 0 Å². The molecule has 0 unspecified atom stereocenters. The Morgan fingerprint density at radius 3 is 2.00 bits per heavy atom. The third-order valence-electron chi connectivity index (χ3n) is 0.118. The number of hydrogen-bond acceptors (Lipinski definition) is 2. The molecule has 0 atom stereocenters. The Labute approximate surface area is 79.3 Å². The topological polar surface area (TPSA) is 32.3 Å². The van der Waals surface area contributed by atoms with Crippen LogP contribution in [-0.4, -0.2) is 20.5 Å². The zero-order valence-electron chi connectivity index (χ0n) is 3.52. The van der Waals surface area contributed by atoms with Gasteiger partial charge in [0, 0.05) is 10.0 Å². The van der Waals surface area contributed by atoms with Crippen molar-refractivity contribution < 1.29 is 60.3 Å². The first-order valence-electron chi connectivity index (χ1n) is 0.986. The standard InChI is InChI=1S/K.H5O2Si2/c;1-4-2-3/h;4H2,3H3/q+1;-1. The molecule has 26 valence electrons. The van der Waals surface area contributed by atoms with Crippen molar-refractivity contribution in [3.8, 4) is 0 Å². The summed E-state index contributed by atoms with van der Waals surface area (Å²) in [6, 6.07) is 0. The molecule has 0 aliphatic carbocycles. The Balaban J connectivity index is 0. The Morgan fingerprint density at radius 1 is 1.80 bits per heavy atom. The van der Waals surface area contributed by atoms with Crippen LogP contribution in [0.1, 0.15) is 0 Å². The summed E-state index contributed by atoms with van der Waals surface area (Å²) in [5.41, 5.74) is 0. The quantitative estimate of drug-likeness (QED) is 0.333. The Bertz CT molecular complexity index is 9.61. The van der Waals surface area contributed by atoms with Gasteiger partial charge >= 0.3 is 51.4 Å². The average Bonchev–Trinajstić information content (AvgIpc) is 1.37. The van der Waals surface area contributed by atoms with Crippen molar-refractivity contribution in [2.45, 2.75) is 0 Å². The van der Waals surface area contributed by atoms with Gasteiger partial charge in [-0.2, -0.15) is 0 Å². The smallest absolute Gasteiger partial charge is 0.844 e. The van der Waals surface area contributed by atoms with Crippen molar-refractivity contribution in [2.75, 3.05) is 0 Å². The SMILES string of the molecule is [K+].[O-][SiH2]O[SiH3]. The Morgan fingerprint density at radius 2 is 2.00 bits per heavy atom. The predicted molar refractivity (Wildman–Crippen MR) is 19.6 cm³/mol. The van der Waals surface area contributed by atoms with E-state index in [0.29, 0.717) is 10.5 Å². The van der Waals surface area contributed by atoms with Crippen molar-refractivity contribution in [2.24, 2.45) is 0 Å². The van der Waals surface area contributed by atoms with E-state index < -0.39 is 10.0 Å². The molecule has 5 heavy (non-hydrogen) atoms. The molecule has 0 radical (unpaired) electrons. The maximum absolute atomic E-state index is 9.25. The first kappa shape index (κ1) is 10.1. The largest absolute Gasteiger partial charge is 1.00 e. The minimum atomic E-state index is -1.26. The summed E-state index contributed by atoms with van der Waals surface area (Å²) in [5, 5.41) is 0. The van der Waals surface area contributed by atoms with Gasteiger partial charge in [0.05, 0.1) is 0 Å². The number of rotatable bonds is 1. The molecule has 0 aliphatic heterocycles. The molecule has 0 aliphatic rings. The molecule has 0 saturated heterocycles. The summed E-state index contributed by atoms with van der Waals surface area (Å²) >= 11 is 0. The van der Waals surface area contributed by atoms with Gasteiger partial charge in [-0.05, 0) is 0 Å². The van der Waals surface area contributed by atoms with Gasteiger partial charge in [-0.15, -0.1) is 0 Å². The molecule has 0 heterocycles. The molecular weight excluding hydrogens is 127 g/mol. The molecule has 0 aromatic heterocycles. The third kappa shape index (κ3) is 10.7. The van der Waals surface area contributed by atoms with E-state index in [1.807, 2.05) is 0 Å². The summed E-state index contributed by atoms with van der Waals surface area (Å²) in [6.07, 6.45) is 0. The molecule has 0 N–H and O–H groups in total. The first-order chi connectivity index (χ1) is 1.91. The zero-order chi connectivity index (χ0) is 3.41. The van der Waals surface area contributed by atoms with Crippen molar-refractivity contribution in [3.63, 3.8) is 0 Å². The fourth-order valence-corrected chi connectivity index (χ4v) is 0. The molecule has 0 spiro atoms. The van der Waals surface area contributed by atoms with Crippen LogP contribution in [0.5, 0.6) is 0 Å². The molecular formula is H5KO2Si2. The van der Waals surface area contributed by atoms with Crippen LogP contribution in [-0.2, 0) is 4.12 Å². The van der Waals surface area contributed by atoms with Crippen LogP contribution in [0.25, 0.3) is 0 Å². The van der Waals surface area contributed by atoms with Gasteiger partial charge in [0.15, 0.2) is 0 Å². The first-order valence-corrected chi connectivity index (χ1v) is 2.96. The van der Waals surface area contributed by atoms with Crippen LogP contribution >= 0.6 is 0 Å². The molecule has 0 aromatic carbocycles. The molecule has 0 fully saturated rings. The molecule has 0 amide bonds. The minimum absolute atomic E-state index is 0. The van der Waals surface area contributed by atoms with Crippen LogP contribution in [0, 0.1) is 0 Å². The van der Waals surface area contributed by atoms with Crippen molar-refractivity contribution in [1.82, 2.24) is 0 Å². The average molecular weight is 132 g/mol. The van der Waals surface area contributed by atoms with Gasteiger partial charge < -0.3 is 8.91 Å². The summed E-state index contributed by atoms with van der Waals surface area (Å²) in [4.78, 5) is 9.25. The van der Waals surface area contributed by atoms with Crippen LogP contribution in [0.15, 0.2) is 0 Å². The van der Waals surface area contributed by atoms with Crippen molar-refractivity contribution in [3.05, 3.63) is 0 Å². The third-order valence-corrected chi connectivity index (χ3v) is 1.06. The van der Waals surface area contributed by atoms with Crippen molar-refractivity contribution in [1.29, 1.82) is 0 Å². The second-order valence-electron chi connectivity index (χ2n) is 0.407. The maximum atomic E-state index is 9.25. The monoisotopic (exact) mass is 132 g/mol. The van der Waals surface area contributed by atoms with E-state index in [4.69, 9.17) is 0 Å². The minimum Gasteiger partial charge on any atom is -0.844 e. The van der Waals surface area contributed by atoms with Crippen LogP contribution in [0.2, 0.25) is 0 Å². The van der Waals surface area contributed by atoms with E-state index in [0.717, 1.165) is 0 Å². The van der Waals surface area contributed by atoms with Gasteiger partial charge in [-0.3, -0.25) is 0 Å². The van der Waals surface area contributed by atoms with E-state index in [1.165, 1.54) is 0 Å². The second kappa shape index (κ2) is 9.37. The molecule has 5 heteroatoms. The van der Waals surface area contributed by atoms with Crippen molar-refractivity contribution >= 4 is 20.5 Å². The summed E-state index contributed by atoms with van der Waals surface area (Å²) in [5.74, 6) is 0. The maximum Gasteiger partial charge on any atom is 1.00 e.